The van der Waals surface area contributed by atoms with E-state index in [1.165, 1.54) is 0 Å². The summed E-state index contributed by atoms with van der Waals surface area (Å²) in [5.41, 5.74) is 0. The summed E-state index contributed by atoms with van der Waals surface area (Å²) in [6.45, 7) is -3.80. The second-order valence-corrected chi connectivity index (χ2v) is 3.13. The molecule has 0 aliphatic heterocycles. The Morgan fingerprint density at radius 1 is 0.455 bits per heavy atom. The summed E-state index contributed by atoms with van der Waals surface area (Å²) in [5, 5.41) is -5.01. The molecule has 0 aliphatic carbocycles. The third kappa shape index (κ3) is 6.84. The molecular weight excluding hydrogens is 360 g/mol. The van der Waals surface area contributed by atoms with Gasteiger partial charge in [-0.25, -0.2) is 0 Å². The molecular formula is C6H4F12N2O2. The summed E-state index contributed by atoms with van der Waals surface area (Å²) in [4.78, 5) is 6.09. The van der Waals surface area contributed by atoms with Crippen molar-refractivity contribution in [1.29, 1.82) is 0 Å². The van der Waals surface area contributed by atoms with Crippen LogP contribution < -0.4 is 0 Å². The van der Waals surface area contributed by atoms with E-state index >= 15 is 0 Å². The van der Waals surface area contributed by atoms with Gasteiger partial charge in [-0.1, -0.05) is 0 Å². The molecule has 0 radical (unpaired) electrons. The lowest BCUT2D eigenvalue weighted by molar-refractivity contribution is -0.499. The minimum atomic E-state index is -6.12. The number of rotatable bonds is 5. The Balaban J connectivity index is 4.63. The maximum Gasteiger partial charge on any atom is 0.490 e. The number of nitrogens with zero attached hydrogens (tertiary/aromatic N) is 2. The van der Waals surface area contributed by atoms with Gasteiger partial charge in [0.05, 0.1) is 13.2 Å². The Morgan fingerprint density at radius 3 is 0.773 bits per heavy atom. The molecule has 0 saturated carbocycles. The zero-order chi connectivity index (χ0) is 18.0. The molecule has 134 valence electrons. The van der Waals surface area contributed by atoms with Crippen LogP contribution in [0.1, 0.15) is 0 Å². The van der Waals surface area contributed by atoms with Gasteiger partial charge in [-0.3, -0.25) is 9.68 Å². The number of halogens is 12. The summed E-state index contributed by atoms with van der Waals surface area (Å²) in [6.07, 6.45) is -24.5. The fourth-order valence-electron chi connectivity index (χ4n) is 0.837. The summed E-state index contributed by atoms with van der Waals surface area (Å²) in [6, 6.07) is 0. The number of alkyl halides is 12. The fraction of sp³-hybridized carbons (Fsp3) is 1.00. The van der Waals surface area contributed by atoms with Crippen molar-refractivity contribution in [1.82, 2.24) is 10.1 Å². The van der Waals surface area contributed by atoms with Crippen LogP contribution in [0, 0.1) is 0 Å². The Morgan fingerprint density at radius 2 is 0.636 bits per heavy atom. The van der Waals surface area contributed by atoms with Gasteiger partial charge in [-0.15, -0.1) is 0 Å². The second kappa shape index (κ2) is 6.63. The van der Waals surface area contributed by atoms with Gasteiger partial charge < -0.3 is 0 Å². The second-order valence-electron chi connectivity index (χ2n) is 3.13. The highest BCUT2D eigenvalue weighted by Gasteiger charge is 2.57. The van der Waals surface area contributed by atoms with Crippen molar-refractivity contribution in [2.24, 2.45) is 0 Å². The highest BCUT2D eigenvalue weighted by atomic mass is 19.4. The molecule has 0 spiro atoms. The van der Waals surface area contributed by atoms with E-state index in [4.69, 9.17) is 0 Å². The van der Waals surface area contributed by atoms with Crippen molar-refractivity contribution in [2.75, 3.05) is 13.2 Å². The van der Waals surface area contributed by atoms with E-state index in [1.54, 1.807) is 0 Å². The van der Waals surface area contributed by atoms with Crippen molar-refractivity contribution in [2.45, 2.75) is 25.2 Å². The molecule has 0 N–H and O–H groups in total. The monoisotopic (exact) mass is 364 g/mol. The average Bonchev–Trinajstić information content (AvgIpc) is 2.14. The summed E-state index contributed by atoms with van der Waals surface area (Å²) in [5.74, 6) is 0. The lowest BCUT2D eigenvalue weighted by Gasteiger charge is -2.27. The lowest BCUT2D eigenvalue weighted by atomic mass is 10.8. The van der Waals surface area contributed by atoms with Gasteiger partial charge in [-0.2, -0.15) is 52.7 Å². The predicted octanol–water partition coefficient (Wildman–Crippen LogP) is 3.53. The average molecular weight is 364 g/mol. The van der Waals surface area contributed by atoms with Gasteiger partial charge in [0.25, 0.3) is 0 Å². The smallest absolute Gasteiger partial charge is 0.282 e. The molecule has 0 amide bonds. The fourth-order valence-corrected chi connectivity index (χ4v) is 0.837. The van der Waals surface area contributed by atoms with Crippen LogP contribution in [0.3, 0.4) is 0 Å². The molecule has 4 nitrogen and oxygen atoms in total. The van der Waals surface area contributed by atoms with Crippen LogP contribution in [0.2, 0.25) is 0 Å². The van der Waals surface area contributed by atoms with Gasteiger partial charge in [-0.05, 0) is 0 Å². The Kier molecular flexibility index (Phi) is 6.33. The quantitative estimate of drug-likeness (QED) is 0.323. The van der Waals surface area contributed by atoms with E-state index in [1.807, 2.05) is 0 Å². The SMILES string of the molecule is FC(F)(F)N(OCCON(C(F)(F)F)C(F)(F)F)C(F)(F)F. The zero-order valence-corrected chi connectivity index (χ0v) is 9.66. The Bertz CT molecular complexity index is 281. The van der Waals surface area contributed by atoms with Crippen LogP contribution in [0.15, 0.2) is 0 Å². The first kappa shape index (κ1) is 21.0. The highest BCUT2D eigenvalue weighted by Crippen LogP contribution is 2.35. The van der Waals surface area contributed by atoms with Crippen LogP contribution in [0.4, 0.5) is 52.7 Å². The van der Waals surface area contributed by atoms with Crippen molar-refractivity contribution in [3.8, 4) is 0 Å². The normalized spacial score (nSPS) is 15.0. The molecule has 0 aromatic carbocycles. The first-order chi connectivity index (χ1) is 9.47. The molecule has 0 aromatic heterocycles. The number of hydrogen-bond acceptors (Lipinski definition) is 4. The van der Waals surface area contributed by atoms with Crippen molar-refractivity contribution >= 4 is 0 Å². The maximum absolute atomic E-state index is 11.9. The lowest BCUT2D eigenvalue weighted by Crippen LogP contribution is -2.50. The molecule has 0 rings (SSSR count). The zero-order valence-electron chi connectivity index (χ0n) is 9.66. The van der Waals surface area contributed by atoms with Crippen LogP contribution in [-0.2, 0) is 9.68 Å². The Hall–Kier alpha value is -1.00. The number of hydroxylamine groups is 4. The molecule has 0 bridgehead atoms. The molecule has 16 heteroatoms. The van der Waals surface area contributed by atoms with Crippen molar-refractivity contribution < 1.29 is 62.4 Å². The molecule has 0 atom stereocenters. The first-order valence-corrected chi connectivity index (χ1v) is 4.60. The summed E-state index contributed by atoms with van der Waals surface area (Å²) >= 11 is 0. The van der Waals surface area contributed by atoms with Gasteiger partial charge in [0.1, 0.15) is 0 Å². The third-order valence-corrected chi connectivity index (χ3v) is 1.45. The van der Waals surface area contributed by atoms with Crippen LogP contribution in [0.5, 0.6) is 0 Å². The van der Waals surface area contributed by atoms with Gasteiger partial charge in [0, 0.05) is 10.1 Å². The van der Waals surface area contributed by atoms with E-state index in [9.17, 15) is 52.7 Å². The maximum atomic E-state index is 11.9. The molecule has 0 fully saturated rings. The topological polar surface area (TPSA) is 24.9 Å². The third-order valence-electron chi connectivity index (χ3n) is 1.45. The van der Waals surface area contributed by atoms with Gasteiger partial charge in [0.15, 0.2) is 0 Å². The van der Waals surface area contributed by atoms with E-state index in [0.29, 0.717) is 0 Å². The van der Waals surface area contributed by atoms with Gasteiger partial charge in [0.2, 0.25) is 0 Å². The molecule has 22 heavy (non-hydrogen) atoms. The minimum Gasteiger partial charge on any atom is -0.282 e. The van der Waals surface area contributed by atoms with Crippen LogP contribution in [0.25, 0.3) is 0 Å². The van der Waals surface area contributed by atoms with E-state index in [-0.39, 0.29) is 0 Å². The van der Waals surface area contributed by atoms with E-state index in [0.717, 1.165) is 0 Å². The van der Waals surface area contributed by atoms with Gasteiger partial charge >= 0.3 is 25.2 Å². The summed E-state index contributed by atoms with van der Waals surface area (Å²) < 4.78 is 142. The molecule has 0 heterocycles. The molecule has 0 saturated heterocycles. The first-order valence-electron chi connectivity index (χ1n) is 4.60. The standard InChI is InChI=1S/C6H4F12N2O2/c7-3(8,9)19(4(10,11)12)21-1-2-22-20(5(13,14)15)6(16,17)18/h1-2H2. The van der Waals surface area contributed by atoms with Crippen molar-refractivity contribution in [3.05, 3.63) is 0 Å². The van der Waals surface area contributed by atoms with Crippen LogP contribution in [-0.4, -0.2) is 48.5 Å². The van der Waals surface area contributed by atoms with Crippen LogP contribution >= 0.6 is 0 Å². The van der Waals surface area contributed by atoms with Crippen molar-refractivity contribution in [3.63, 3.8) is 0 Å². The molecule has 0 aliphatic rings. The Labute approximate surface area is 112 Å². The summed E-state index contributed by atoms with van der Waals surface area (Å²) in [7, 11) is 0. The minimum absolute atomic E-state index is 1.90. The largest absolute Gasteiger partial charge is 0.490 e. The highest BCUT2D eigenvalue weighted by molar-refractivity contribution is 4.53. The van der Waals surface area contributed by atoms with E-state index < -0.39 is 48.5 Å². The number of hydrogen-bond donors (Lipinski definition) is 0. The molecule has 0 aromatic rings. The predicted molar refractivity (Wildman–Crippen MR) is 39.8 cm³/mol. The molecule has 0 unspecified atom stereocenters. The van der Waals surface area contributed by atoms with E-state index in [2.05, 4.69) is 9.68 Å².